The van der Waals surface area contributed by atoms with Crippen molar-refractivity contribution < 1.29 is 24.7 Å². The van der Waals surface area contributed by atoms with E-state index in [0.29, 0.717) is 5.56 Å². The molecule has 24 heavy (non-hydrogen) atoms. The molecular formula is C15H15N3O6. The van der Waals surface area contributed by atoms with Gasteiger partial charge in [0, 0.05) is 18.7 Å². The maximum atomic E-state index is 11.9. The van der Waals surface area contributed by atoms with Gasteiger partial charge in [-0.2, -0.15) is 0 Å². The summed E-state index contributed by atoms with van der Waals surface area (Å²) < 4.78 is 4.90. The fourth-order valence-corrected chi connectivity index (χ4v) is 1.99. The van der Waals surface area contributed by atoms with Gasteiger partial charge in [0.15, 0.2) is 5.75 Å². The number of carbonyl (C=O) groups is 1. The first kappa shape index (κ1) is 17.0. The van der Waals surface area contributed by atoms with E-state index in [2.05, 4.69) is 10.9 Å². The van der Waals surface area contributed by atoms with Gasteiger partial charge in [0.1, 0.15) is 11.5 Å². The molecule has 0 atom stereocenters. The van der Waals surface area contributed by atoms with Gasteiger partial charge in [0.05, 0.1) is 17.6 Å². The van der Waals surface area contributed by atoms with Crippen LogP contribution in [-0.2, 0) is 6.54 Å². The number of amides is 1. The maximum Gasteiger partial charge on any atom is 0.311 e. The van der Waals surface area contributed by atoms with Crippen LogP contribution in [0.25, 0.3) is 0 Å². The van der Waals surface area contributed by atoms with Gasteiger partial charge in [-0.15, -0.1) is 0 Å². The summed E-state index contributed by atoms with van der Waals surface area (Å²) in [5, 5.41) is 29.7. The molecule has 0 aliphatic rings. The molecule has 0 unspecified atom stereocenters. The lowest BCUT2D eigenvalue weighted by atomic mass is 10.2. The predicted molar refractivity (Wildman–Crippen MR) is 83.7 cm³/mol. The molecule has 0 fully saturated rings. The molecule has 0 saturated heterocycles. The predicted octanol–water partition coefficient (Wildman–Crippen LogP) is 1.45. The summed E-state index contributed by atoms with van der Waals surface area (Å²) in [6, 6.07) is 7.98. The molecule has 1 amide bonds. The zero-order valence-electron chi connectivity index (χ0n) is 12.6. The van der Waals surface area contributed by atoms with Crippen LogP contribution in [0.4, 0.5) is 5.69 Å². The van der Waals surface area contributed by atoms with Crippen molar-refractivity contribution >= 4 is 11.6 Å². The van der Waals surface area contributed by atoms with Crippen molar-refractivity contribution in [1.82, 2.24) is 10.9 Å². The van der Waals surface area contributed by atoms with Crippen LogP contribution < -0.4 is 15.6 Å². The minimum Gasteiger partial charge on any atom is -0.508 e. The van der Waals surface area contributed by atoms with Crippen LogP contribution in [0.2, 0.25) is 0 Å². The molecule has 9 nitrogen and oxygen atoms in total. The number of aromatic hydroxyl groups is 2. The van der Waals surface area contributed by atoms with Crippen LogP contribution >= 0.6 is 0 Å². The average Bonchev–Trinajstić information content (AvgIpc) is 2.54. The molecule has 0 aliphatic heterocycles. The van der Waals surface area contributed by atoms with Crippen molar-refractivity contribution in [3.63, 3.8) is 0 Å². The van der Waals surface area contributed by atoms with Gasteiger partial charge in [0.25, 0.3) is 5.91 Å². The number of phenols is 2. The SMILES string of the molecule is COc1ccc(CNNC(=O)c2ccc(O)cc2O)cc1[N+](=O)[O-]. The molecule has 0 radical (unpaired) electrons. The molecule has 9 heteroatoms. The molecule has 0 spiro atoms. The Balaban J connectivity index is 2.00. The fourth-order valence-electron chi connectivity index (χ4n) is 1.99. The van der Waals surface area contributed by atoms with E-state index < -0.39 is 10.8 Å². The van der Waals surface area contributed by atoms with E-state index in [1.165, 1.54) is 31.4 Å². The van der Waals surface area contributed by atoms with E-state index in [9.17, 15) is 25.1 Å². The lowest BCUT2D eigenvalue weighted by Crippen LogP contribution is -2.36. The lowest BCUT2D eigenvalue weighted by Gasteiger charge is -2.09. The van der Waals surface area contributed by atoms with Gasteiger partial charge in [0.2, 0.25) is 0 Å². The molecule has 0 aromatic heterocycles. The van der Waals surface area contributed by atoms with Crippen LogP contribution in [0.15, 0.2) is 36.4 Å². The highest BCUT2D eigenvalue weighted by atomic mass is 16.6. The van der Waals surface area contributed by atoms with Crippen LogP contribution in [-0.4, -0.2) is 28.2 Å². The van der Waals surface area contributed by atoms with E-state index in [-0.39, 0.29) is 35.0 Å². The monoisotopic (exact) mass is 333 g/mol. The van der Waals surface area contributed by atoms with E-state index >= 15 is 0 Å². The standard InChI is InChI=1S/C15H15N3O6/c1-24-14-5-2-9(6-12(14)18(22)23)8-16-17-15(21)11-4-3-10(19)7-13(11)20/h2-7,16,19-20H,8H2,1H3,(H,17,21). The Bertz CT molecular complexity index is 778. The van der Waals surface area contributed by atoms with Crippen molar-refractivity contribution in [2.24, 2.45) is 0 Å². The highest BCUT2D eigenvalue weighted by Gasteiger charge is 2.15. The third kappa shape index (κ3) is 3.90. The Kier molecular flexibility index (Phi) is 5.17. The van der Waals surface area contributed by atoms with Gasteiger partial charge in [-0.05, 0) is 23.8 Å². The third-order valence-corrected chi connectivity index (χ3v) is 3.16. The van der Waals surface area contributed by atoms with Crippen LogP contribution in [0.1, 0.15) is 15.9 Å². The smallest absolute Gasteiger partial charge is 0.311 e. The van der Waals surface area contributed by atoms with Gasteiger partial charge >= 0.3 is 5.69 Å². The van der Waals surface area contributed by atoms with E-state index in [0.717, 1.165) is 6.07 Å². The average molecular weight is 333 g/mol. The van der Waals surface area contributed by atoms with Crippen LogP contribution in [0.3, 0.4) is 0 Å². The molecule has 126 valence electrons. The van der Waals surface area contributed by atoms with Crippen molar-refractivity contribution in [3.05, 3.63) is 57.6 Å². The molecule has 2 rings (SSSR count). The number of nitro groups is 1. The molecule has 4 N–H and O–H groups in total. The van der Waals surface area contributed by atoms with Crippen LogP contribution in [0, 0.1) is 10.1 Å². The number of hydrogen-bond acceptors (Lipinski definition) is 7. The maximum absolute atomic E-state index is 11.9. The molecule has 0 saturated carbocycles. The molecule has 0 bridgehead atoms. The molecule has 0 heterocycles. The summed E-state index contributed by atoms with van der Waals surface area (Å²) in [6.07, 6.45) is 0. The number of methoxy groups -OCH3 is 1. The first-order valence-corrected chi connectivity index (χ1v) is 6.79. The van der Waals surface area contributed by atoms with Crippen LogP contribution in [0.5, 0.6) is 17.2 Å². The number of benzene rings is 2. The van der Waals surface area contributed by atoms with Gasteiger partial charge in [-0.1, -0.05) is 6.07 Å². The van der Waals surface area contributed by atoms with Crippen molar-refractivity contribution in [2.45, 2.75) is 6.54 Å². The van der Waals surface area contributed by atoms with E-state index in [1.54, 1.807) is 6.07 Å². The minimum absolute atomic E-state index is 0.0268. The molecule has 2 aromatic carbocycles. The Hall–Kier alpha value is -3.33. The van der Waals surface area contributed by atoms with Gasteiger partial charge < -0.3 is 14.9 Å². The van der Waals surface area contributed by atoms with E-state index in [1.807, 2.05) is 0 Å². The number of hydrogen-bond donors (Lipinski definition) is 4. The Morgan fingerprint density at radius 2 is 2.00 bits per heavy atom. The Labute approximate surface area is 136 Å². The summed E-state index contributed by atoms with van der Waals surface area (Å²) in [5.41, 5.74) is 5.31. The highest BCUT2D eigenvalue weighted by molar-refractivity contribution is 5.96. The second-order valence-corrected chi connectivity index (χ2v) is 4.77. The number of nitrogens with one attached hydrogen (secondary N) is 2. The first-order chi connectivity index (χ1) is 11.4. The summed E-state index contributed by atoms with van der Waals surface area (Å²) in [7, 11) is 1.34. The number of rotatable bonds is 6. The largest absolute Gasteiger partial charge is 0.508 e. The Morgan fingerprint density at radius 3 is 2.62 bits per heavy atom. The van der Waals surface area contributed by atoms with Crippen molar-refractivity contribution in [2.75, 3.05) is 7.11 Å². The molecule has 0 aliphatic carbocycles. The first-order valence-electron chi connectivity index (χ1n) is 6.79. The highest BCUT2D eigenvalue weighted by Crippen LogP contribution is 2.27. The minimum atomic E-state index is -0.615. The van der Waals surface area contributed by atoms with E-state index in [4.69, 9.17) is 4.74 Å². The summed E-state index contributed by atoms with van der Waals surface area (Å²) in [5.74, 6) is -1.01. The quantitative estimate of drug-likeness (QED) is 0.464. The normalized spacial score (nSPS) is 10.2. The number of nitro benzene ring substituents is 1. The summed E-state index contributed by atoms with van der Waals surface area (Å²) >= 11 is 0. The Morgan fingerprint density at radius 1 is 1.25 bits per heavy atom. The summed E-state index contributed by atoms with van der Waals surface area (Å²) in [6.45, 7) is 0.120. The number of nitrogens with zero attached hydrogens (tertiary/aromatic N) is 1. The topological polar surface area (TPSA) is 134 Å². The zero-order chi connectivity index (χ0) is 17.7. The molecular weight excluding hydrogens is 318 g/mol. The zero-order valence-corrected chi connectivity index (χ0v) is 12.6. The molecule has 2 aromatic rings. The second kappa shape index (κ2) is 7.29. The van der Waals surface area contributed by atoms with Crippen molar-refractivity contribution in [1.29, 1.82) is 0 Å². The van der Waals surface area contributed by atoms with Gasteiger partial charge in [-0.25, -0.2) is 5.43 Å². The number of ether oxygens (including phenoxy) is 1. The second-order valence-electron chi connectivity index (χ2n) is 4.77. The summed E-state index contributed by atoms with van der Waals surface area (Å²) in [4.78, 5) is 22.3. The third-order valence-electron chi connectivity index (χ3n) is 3.16. The lowest BCUT2D eigenvalue weighted by molar-refractivity contribution is -0.385. The van der Waals surface area contributed by atoms with Gasteiger partial charge in [-0.3, -0.25) is 20.3 Å². The number of carbonyl (C=O) groups excluding carboxylic acids is 1. The number of phenolic OH excluding ortho intramolecular Hbond substituents is 2. The van der Waals surface area contributed by atoms with Crippen molar-refractivity contribution in [3.8, 4) is 17.2 Å². The number of hydrazine groups is 1. The fraction of sp³-hybridized carbons (Fsp3) is 0.133.